The number of nitrogens with zero attached hydrogens (tertiary/aromatic N) is 3. The molecule has 0 unspecified atom stereocenters. The Morgan fingerprint density at radius 3 is 2.85 bits per heavy atom. The van der Waals surface area contributed by atoms with E-state index in [1.165, 1.54) is 5.56 Å². The molecule has 6 heteroatoms. The zero-order valence-electron chi connectivity index (χ0n) is 10.9. The summed E-state index contributed by atoms with van der Waals surface area (Å²) in [6.07, 6.45) is 3.56. The molecular formula is C14H15N5O. The molecule has 0 bridgehead atoms. The Balaban J connectivity index is 1.77. The van der Waals surface area contributed by atoms with Gasteiger partial charge in [0.15, 0.2) is 11.2 Å². The lowest BCUT2D eigenvalue weighted by atomic mass is 10.1. The quantitative estimate of drug-likeness (QED) is 0.747. The van der Waals surface area contributed by atoms with Gasteiger partial charge >= 0.3 is 0 Å². The molecule has 3 N–H and O–H groups in total. The van der Waals surface area contributed by atoms with Crippen LogP contribution in [0.2, 0.25) is 0 Å². The Morgan fingerprint density at radius 2 is 2.05 bits per heavy atom. The molecule has 0 fully saturated rings. The minimum absolute atomic E-state index is 0.118. The van der Waals surface area contributed by atoms with Gasteiger partial charge in [-0.05, 0) is 18.4 Å². The van der Waals surface area contributed by atoms with E-state index in [2.05, 4.69) is 27.1 Å². The van der Waals surface area contributed by atoms with Crippen LogP contribution in [0, 0.1) is 0 Å². The molecule has 0 aliphatic carbocycles. The van der Waals surface area contributed by atoms with Gasteiger partial charge in [-0.3, -0.25) is 9.78 Å². The maximum Gasteiger partial charge on any atom is 0.280 e. The molecule has 102 valence electrons. The summed E-state index contributed by atoms with van der Waals surface area (Å²) in [6, 6.07) is 10.3. The van der Waals surface area contributed by atoms with Crippen LogP contribution in [0.15, 0.2) is 41.5 Å². The summed E-state index contributed by atoms with van der Waals surface area (Å²) < 4.78 is 1.86. The lowest BCUT2D eigenvalue weighted by molar-refractivity contribution is 0.653. The van der Waals surface area contributed by atoms with E-state index in [1.807, 2.05) is 22.8 Å². The summed E-state index contributed by atoms with van der Waals surface area (Å²) in [7, 11) is 0. The SMILES string of the molecule is Nc1nc2c(ncn2CCCc2ccccc2)c(=O)[nH]1. The van der Waals surface area contributed by atoms with Gasteiger partial charge in [-0.15, -0.1) is 0 Å². The standard InChI is InChI=1S/C14H15N5O/c15-14-17-12-11(13(20)18-14)16-9-19(12)8-4-7-10-5-2-1-3-6-10/h1-3,5-6,9H,4,7-8H2,(H3,15,17,18,20). The molecule has 2 aromatic heterocycles. The number of nitrogens with one attached hydrogen (secondary N) is 1. The van der Waals surface area contributed by atoms with Crippen LogP contribution >= 0.6 is 0 Å². The van der Waals surface area contributed by atoms with Gasteiger partial charge in [0.1, 0.15) is 0 Å². The Kier molecular flexibility index (Phi) is 3.20. The predicted octanol–water partition coefficient (Wildman–Crippen LogP) is 1.33. The second-order valence-electron chi connectivity index (χ2n) is 4.65. The zero-order chi connectivity index (χ0) is 13.9. The maximum absolute atomic E-state index is 11.7. The lowest BCUT2D eigenvalue weighted by Crippen LogP contribution is -2.12. The van der Waals surface area contributed by atoms with Gasteiger partial charge < -0.3 is 10.3 Å². The van der Waals surface area contributed by atoms with Crippen LogP contribution in [-0.4, -0.2) is 19.5 Å². The van der Waals surface area contributed by atoms with Crippen LogP contribution < -0.4 is 11.3 Å². The summed E-state index contributed by atoms with van der Waals surface area (Å²) in [6.45, 7) is 0.751. The Labute approximate surface area is 115 Å². The van der Waals surface area contributed by atoms with Crippen molar-refractivity contribution in [3.63, 3.8) is 0 Å². The van der Waals surface area contributed by atoms with Gasteiger partial charge in [0, 0.05) is 6.54 Å². The number of fused-ring (bicyclic) bond motifs is 1. The number of hydrogen-bond acceptors (Lipinski definition) is 4. The molecule has 1 aromatic carbocycles. The first kappa shape index (κ1) is 12.4. The monoisotopic (exact) mass is 269 g/mol. The molecule has 0 aliphatic rings. The summed E-state index contributed by atoms with van der Waals surface area (Å²) in [5, 5.41) is 0. The number of imidazole rings is 1. The minimum atomic E-state index is -0.297. The second kappa shape index (κ2) is 5.16. The van der Waals surface area contributed by atoms with Gasteiger partial charge in [-0.2, -0.15) is 4.98 Å². The molecule has 2 heterocycles. The molecule has 0 amide bonds. The molecule has 0 aliphatic heterocycles. The van der Waals surface area contributed by atoms with Crippen molar-refractivity contribution in [3.05, 3.63) is 52.6 Å². The number of nitrogen functional groups attached to an aromatic ring is 1. The van der Waals surface area contributed by atoms with Crippen molar-refractivity contribution in [2.24, 2.45) is 0 Å². The number of anilines is 1. The Morgan fingerprint density at radius 1 is 1.25 bits per heavy atom. The number of H-pyrrole nitrogens is 1. The molecule has 0 spiro atoms. The van der Waals surface area contributed by atoms with Crippen LogP contribution in [0.25, 0.3) is 11.2 Å². The highest BCUT2D eigenvalue weighted by Gasteiger charge is 2.08. The average molecular weight is 269 g/mol. The molecule has 6 nitrogen and oxygen atoms in total. The fourth-order valence-electron chi connectivity index (χ4n) is 2.23. The minimum Gasteiger partial charge on any atom is -0.369 e. The molecule has 20 heavy (non-hydrogen) atoms. The topological polar surface area (TPSA) is 89.6 Å². The molecule has 0 saturated carbocycles. The third-order valence-electron chi connectivity index (χ3n) is 3.20. The fourth-order valence-corrected chi connectivity index (χ4v) is 2.23. The number of nitrogens with two attached hydrogens (primary N) is 1. The van der Waals surface area contributed by atoms with Crippen molar-refractivity contribution in [3.8, 4) is 0 Å². The second-order valence-corrected chi connectivity index (χ2v) is 4.65. The van der Waals surface area contributed by atoms with Crippen molar-refractivity contribution in [2.75, 3.05) is 5.73 Å². The van der Waals surface area contributed by atoms with Crippen molar-refractivity contribution in [2.45, 2.75) is 19.4 Å². The largest absolute Gasteiger partial charge is 0.369 e. The first-order chi connectivity index (χ1) is 9.74. The lowest BCUT2D eigenvalue weighted by Gasteiger charge is -2.04. The number of aromatic nitrogens is 4. The number of aromatic amines is 1. The third kappa shape index (κ3) is 2.40. The summed E-state index contributed by atoms with van der Waals surface area (Å²) >= 11 is 0. The van der Waals surface area contributed by atoms with Gasteiger partial charge in [0.25, 0.3) is 5.56 Å². The van der Waals surface area contributed by atoms with Crippen LogP contribution in [0.1, 0.15) is 12.0 Å². The van der Waals surface area contributed by atoms with Gasteiger partial charge in [-0.25, -0.2) is 4.98 Å². The van der Waals surface area contributed by atoms with E-state index >= 15 is 0 Å². The Bertz CT molecular complexity index is 775. The fraction of sp³-hybridized carbons (Fsp3) is 0.214. The maximum atomic E-state index is 11.7. The van der Waals surface area contributed by atoms with Crippen molar-refractivity contribution < 1.29 is 0 Å². The van der Waals surface area contributed by atoms with Crippen LogP contribution in [0.3, 0.4) is 0 Å². The van der Waals surface area contributed by atoms with E-state index in [9.17, 15) is 4.79 Å². The number of hydrogen-bond donors (Lipinski definition) is 2. The number of benzene rings is 1. The van der Waals surface area contributed by atoms with Crippen molar-refractivity contribution >= 4 is 17.1 Å². The van der Waals surface area contributed by atoms with Crippen LogP contribution in [0.4, 0.5) is 5.95 Å². The van der Waals surface area contributed by atoms with Crippen molar-refractivity contribution in [1.29, 1.82) is 0 Å². The van der Waals surface area contributed by atoms with E-state index in [-0.39, 0.29) is 11.5 Å². The average Bonchev–Trinajstić information content (AvgIpc) is 2.83. The summed E-state index contributed by atoms with van der Waals surface area (Å²) in [5.41, 5.74) is 7.43. The highest BCUT2D eigenvalue weighted by molar-refractivity contribution is 5.70. The van der Waals surface area contributed by atoms with Crippen LogP contribution in [-0.2, 0) is 13.0 Å². The smallest absolute Gasteiger partial charge is 0.280 e. The first-order valence-electron chi connectivity index (χ1n) is 6.48. The van der Waals surface area contributed by atoms with E-state index in [0.717, 1.165) is 19.4 Å². The van der Waals surface area contributed by atoms with E-state index in [1.54, 1.807) is 6.33 Å². The van der Waals surface area contributed by atoms with E-state index in [0.29, 0.717) is 11.2 Å². The normalized spacial score (nSPS) is 11.0. The van der Waals surface area contributed by atoms with Crippen molar-refractivity contribution in [1.82, 2.24) is 19.5 Å². The summed E-state index contributed by atoms with van der Waals surface area (Å²) in [4.78, 5) is 22.3. The molecule has 3 rings (SSSR count). The Hall–Kier alpha value is -2.63. The van der Waals surface area contributed by atoms with Gasteiger partial charge in [0.05, 0.1) is 6.33 Å². The molecule has 0 atom stereocenters. The number of rotatable bonds is 4. The van der Waals surface area contributed by atoms with Crippen LogP contribution in [0.5, 0.6) is 0 Å². The van der Waals surface area contributed by atoms with Gasteiger partial charge in [-0.1, -0.05) is 30.3 Å². The molecular weight excluding hydrogens is 254 g/mol. The molecule has 3 aromatic rings. The molecule has 0 saturated heterocycles. The first-order valence-corrected chi connectivity index (χ1v) is 6.48. The highest BCUT2D eigenvalue weighted by Crippen LogP contribution is 2.09. The predicted molar refractivity (Wildman–Crippen MR) is 77.3 cm³/mol. The zero-order valence-corrected chi connectivity index (χ0v) is 10.9. The molecule has 0 radical (unpaired) electrons. The van der Waals surface area contributed by atoms with E-state index in [4.69, 9.17) is 5.73 Å². The van der Waals surface area contributed by atoms with E-state index < -0.39 is 0 Å². The third-order valence-corrected chi connectivity index (χ3v) is 3.20. The summed E-state index contributed by atoms with van der Waals surface area (Å²) in [5.74, 6) is 0.118. The van der Waals surface area contributed by atoms with Gasteiger partial charge in [0.2, 0.25) is 5.95 Å². The number of aryl methyl sites for hydroxylation is 2. The highest BCUT2D eigenvalue weighted by atomic mass is 16.1.